The summed E-state index contributed by atoms with van der Waals surface area (Å²) in [7, 11) is 2.03. The molecule has 2 aliphatic rings. The van der Waals surface area contributed by atoms with E-state index < -0.39 is 0 Å². The molecule has 3 unspecified atom stereocenters. The Labute approximate surface area is 129 Å². The molecule has 2 heterocycles. The zero-order chi connectivity index (χ0) is 13.9. The molecule has 1 aromatic heterocycles. The van der Waals surface area contributed by atoms with Gasteiger partial charge in [0.05, 0.1) is 5.25 Å². The Hall–Kier alpha value is -0.200. The molecular formula is C14H23N3OS2. The van der Waals surface area contributed by atoms with Crippen molar-refractivity contribution in [3.8, 4) is 0 Å². The summed E-state index contributed by atoms with van der Waals surface area (Å²) in [6.45, 7) is 2.25. The van der Waals surface area contributed by atoms with Crippen molar-refractivity contribution in [3.05, 3.63) is 11.7 Å². The van der Waals surface area contributed by atoms with Crippen molar-refractivity contribution in [1.82, 2.24) is 15.5 Å². The molecule has 20 heavy (non-hydrogen) atoms. The third kappa shape index (κ3) is 3.34. The van der Waals surface area contributed by atoms with E-state index in [0.717, 1.165) is 24.1 Å². The summed E-state index contributed by atoms with van der Waals surface area (Å²) in [6.07, 6.45) is 4.71. The zero-order valence-corrected chi connectivity index (χ0v) is 13.8. The first kappa shape index (κ1) is 14.7. The minimum absolute atomic E-state index is 0.408. The Morgan fingerprint density at radius 1 is 1.35 bits per heavy atom. The van der Waals surface area contributed by atoms with E-state index >= 15 is 0 Å². The van der Waals surface area contributed by atoms with Crippen LogP contribution in [-0.4, -0.2) is 40.0 Å². The van der Waals surface area contributed by atoms with E-state index in [2.05, 4.69) is 34.1 Å². The summed E-state index contributed by atoms with van der Waals surface area (Å²) < 4.78 is 5.50. The van der Waals surface area contributed by atoms with Gasteiger partial charge in [0.2, 0.25) is 5.89 Å². The smallest absolute Gasteiger partial charge is 0.228 e. The lowest BCUT2D eigenvalue weighted by atomic mass is 10.1. The van der Waals surface area contributed by atoms with Gasteiger partial charge in [-0.2, -0.15) is 16.7 Å². The minimum atomic E-state index is 0.408. The summed E-state index contributed by atoms with van der Waals surface area (Å²) in [6, 6.07) is 0.499. The first-order valence-corrected chi connectivity index (χ1v) is 9.64. The van der Waals surface area contributed by atoms with Gasteiger partial charge in [0, 0.05) is 29.2 Å². The van der Waals surface area contributed by atoms with E-state index in [1.165, 1.54) is 30.8 Å². The Morgan fingerprint density at radius 3 is 2.85 bits per heavy atom. The minimum Gasteiger partial charge on any atom is -0.339 e. The SMILES string of the molecule is CCC1SCCSC1c1noc(CC(NC)C2CC2)n1. The Morgan fingerprint density at radius 2 is 2.15 bits per heavy atom. The molecule has 3 atom stereocenters. The van der Waals surface area contributed by atoms with Crippen molar-refractivity contribution in [2.75, 3.05) is 18.6 Å². The first-order chi connectivity index (χ1) is 9.81. The van der Waals surface area contributed by atoms with Crippen molar-refractivity contribution in [1.29, 1.82) is 0 Å². The van der Waals surface area contributed by atoms with E-state index in [1.807, 2.05) is 18.8 Å². The highest BCUT2D eigenvalue weighted by Gasteiger charge is 2.33. The van der Waals surface area contributed by atoms with Crippen molar-refractivity contribution in [2.24, 2.45) is 5.92 Å². The average Bonchev–Trinajstić information content (AvgIpc) is 3.23. The fraction of sp³-hybridized carbons (Fsp3) is 0.857. The Bertz CT molecular complexity index is 436. The van der Waals surface area contributed by atoms with Crippen molar-refractivity contribution < 1.29 is 4.52 Å². The molecule has 112 valence electrons. The fourth-order valence-electron chi connectivity index (χ4n) is 2.80. The lowest BCUT2D eigenvalue weighted by molar-refractivity contribution is 0.348. The molecule has 1 saturated carbocycles. The number of hydrogen-bond acceptors (Lipinski definition) is 6. The molecule has 1 aliphatic heterocycles. The molecular weight excluding hydrogens is 290 g/mol. The summed E-state index contributed by atoms with van der Waals surface area (Å²) in [5.41, 5.74) is 0. The summed E-state index contributed by atoms with van der Waals surface area (Å²) in [5.74, 6) is 4.95. The van der Waals surface area contributed by atoms with Crippen LogP contribution in [0.25, 0.3) is 0 Å². The maximum absolute atomic E-state index is 5.50. The molecule has 1 saturated heterocycles. The van der Waals surface area contributed by atoms with Gasteiger partial charge in [0.25, 0.3) is 0 Å². The number of aromatic nitrogens is 2. The van der Waals surface area contributed by atoms with Gasteiger partial charge in [-0.05, 0) is 32.2 Å². The zero-order valence-electron chi connectivity index (χ0n) is 12.2. The van der Waals surface area contributed by atoms with Crippen molar-refractivity contribution >= 4 is 23.5 Å². The van der Waals surface area contributed by atoms with Crippen LogP contribution in [0.1, 0.15) is 43.2 Å². The molecule has 1 N–H and O–H groups in total. The second-order valence-corrected chi connectivity index (χ2v) is 8.19. The van der Waals surface area contributed by atoms with E-state index in [4.69, 9.17) is 4.52 Å². The van der Waals surface area contributed by atoms with Gasteiger partial charge >= 0.3 is 0 Å². The van der Waals surface area contributed by atoms with E-state index in [9.17, 15) is 0 Å². The van der Waals surface area contributed by atoms with Crippen LogP contribution in [0.3, 0.4) is 0 Å². The van der Waals surface area contributed by atoms with Gasteiger partial charge in [0.15, 0.2) is 5.82 Å². The topological polar surface area (TPSA) is 51.0 Å². The lowest BCUT2D eigenvalue weighted by Crippen LogP contribution is -2.29. The molecule has 3 rings (SSSR count). The summed E-state index contributed by atoms with van der Waals surface area (Å²) in [5, 5.41) is 8.68. The lowest BCUT2D eigenvalue weighted by Gasteiger charge is -2.27. The van der Waals surface area contributed by atoms with Gasteiger partial charge in [-0.3, -0.25) is 0 Å². The molecule has 1 aromatic rings. The number of thioether (sulfide) groups is 2. The number of rotatable bonds is 6. The van der Waals surface area contributed by atoms with Crippen LogP contribution in [0.15, 0.2) is 4.52 Å². The van der Waals surface area contributed by atoms with Crippen LogP contribution in [0.2, 0.25) is 0 Å². The van der Waals surface area contributed by atoms with Crippen LogP contribution < -0.4 is 5.32 Å². The molecule has 1 aliphatic carbocycles. The summed E-state index contributed by atoms with van der Waals surface area (Å²) in [4.78, 5) is 4.68. The van der Waals surface area contributed by atoms with E-state index in [-0.39, 0.29) is 0 Å². The van der Waals surface area contributed by atoms with Crippen LogP contribution in [-0.2, 0) is 6.42 Å². The maximum atomic E-state index is 5.50. The Kier molecular flexibility index (Phi) is 4.94. The molecule has 4 nitrogen and oxygen atoms in total. The third-order valence-corrected chi connectivity index (χ3v) is 7.39. The van der Waals surface area contributed by atoms with E-state index in [1.54, 1.807) is 0 Å². The summed E-state index contributed by atoms with van der Waals surface area (Å²) >= 11 is 4.04. The first-order valence-electron chi connectivity index (χ1n) is 7.54. The van der Waals surface area contributed by atoms with Gasteiger partial charge in [-0.15, -0.1) is 11.8 Å². The van der Waals surface area contributed by atoms with Crippen molar-refractivity contribution in [2.45, 2.75) is 49.1 Å². The van der Waals surface area contributed by atoms with Crippen LogP contribution >= 0.6 is 23.5 Å². The predicted octanol–water partition coefficient (Wildman–Crippen LogP) is 2.91. The normalized spacial score (nSPS) is 28.5. The molecule has 0 bridgehead atoms. The largest absolute Gasteiger partial charge is 0.339 e. The molecule has 2 fully saturated rings. The second-order valence-electron chi connectivity index (χ2n) is 5.59. The highest BCUT2D eigenvalue weighted by atomic mass is 32.2. The van der Waals surface area contributed by atoms with Crippen LogP contribution in [0, 0.1) is 5.92 Å². The van der Waals surface area contributed by atoms with Gasteiger partial charge in [-0.1, -0.05) is 12.1 Å². The molecule has 0 spiro atoms. The highest BCUT2D eigenvalue weighted by Crippen LogP contribution is 2.43. The maximum Gasteiger partial charge on any atom is 0.228 e. The van der Waals surface area contributed by atoms with Crippen LogP contribution in [0.5, 0.6) is 0 Å². The van der Waals surface area contributed by atoms with E-state index in [0.29, 0.717) is 16.5 Å². The number of nitrogens with one attached hydrogen (secondary N) is 1. The molecule has 0 aromatic carbocycles. The van der Waals surface area contributed by atoms with Crippen molar-refractivity contribution in [3.63, 3.8) is 0 Å². The molecule has 0 radical (unpaired) electrons. The predicted molar refractivity (Wildman–Crippen MR) is 85.3 cm³/mol. The quantitative estimate of drug-likeness (QED) is 0.871. The fourth-order valence-corrected chi connectivity index (χ4v) is 5.78. The number of nitrogens with zero attached hydrogens (tertiary/aromatic N) is 2. The van der Waals surface area contributed by atoms with Gasteiger partial charge < -0.3 is 9.84 Å². The van der Waals surface area contributed by atoms with Gasteiger partial charge in [0.1, 0.15) is 0 Å². The standard InChI is InChI=1S/C14H23N3OS2/c1-3-11-13(20-7-6-19-11)14-16-12(18-17-14)8-10(15-2)9-4-5-9/h9-11,13,15H,3-8H2,1-2H3. The van der Waals surface area contributed by atoms with Gasteiger partial charge in [-0.25, -0.2) is 0 Å². The monoisotopic (exact) mass is 313 g/mol. The third-order valence-electron chi connectivity index (χ3n) is 4.15. The average molecular weight is 313 g/mol. The highest BCUT2D eigenvalue weighted by molar-refractivity contribution is 8.06. The number of likely N-dealkylation sites (N-methyl/N-ethyl adjacent to an activating group) is 1. The molecule has 0 amide bonds. The van der Waals surface area contributed by atoms with Crippen LogP contribution in [0.4, 0.5) is 0 Å². The Balaban J connectivity index is 1.65. The molecule has 6 heteroatoms. The number of hydrogen-bond donors (Lipinski definition) is 1. The second kappa shape index (κ2) is 6.71.